The van der Waals surface area contributed by atoms with E-state index < -0.39 is 0 Å². The summed E-state index contributed by atoms with van der Waals surface area (Å²) in [5.74, 6) is 0. The number of aliphatic hydroxyl groups excluding tert-OH is 1. The molecule has 124 valence electrons. The van der Waals surface area contributed by atoms with Crippen molar-refractivity contribution in [2.45, 2.75) is 52.1 Å². The van der Waals surface area contributed by atoms with E-state index in [-0.39, 0.29) is 18.1 Å². The Balaban J connectivity index is 2.14. The highest BCUT2D eigenvalue weighted by molar-refractivity contribution is 5.29. The standard InChI is InChI=1S/C19H32N2O/c1-6-20-11-12-21(15(2)13-20)18(14-22)16-7-9-17(10-8-16)19(3,4)5/h7-10,15,18,22H,6,11-14H2,1-5H3. The van der Waals surface area contributed by atoms with Gasteiger partial charge in [-0.15, -0.1) is 0 Å². The van der Waals surface area contributed by atoms with Gasteiger partial charge in [0.1, 0.15) is 0 Å². The average Bonchev–Trinajstić information content (AvgIpc) is 2.49. The summed E-state index contributed by atoms with van der Waals surface area (Å²) < 4.78 is 0. The Morgan fingerprint density at radius 2 is 1.82 bits per heavy atom. The largest absolute Gasteiger partial charge is 0.394 e. The van der Waals surface area contributed by atoms with E-state index in [0.29, 0.717) is 6.04 Å². The van der Waals surface area contributed by atoms with Gasteiger partial charge in [-0.2, -0.15) is 0 Å². The summed E-state index contributed by atoms with van der Waals surface area (Å²) in [6, 6.07) is 9.41. The number of benzene rings is 1. The Morgan fingerprint density at radius 1 is 1.18 bits per heavy atom. The molecule has 1 aliphatic rings. The number of aliphatic hydroxyl groups is 1. The van der Waals surface area contributed by atoms with E-state index in [1.165, 1.54) is 11.1 Å². The third-order valence-corrected chi connectivity index (χ3v) is 4.94. The van der Waals surface area contributed by atoms with Crippen LogP contribution in [0.25, 0.3) is 0 Å². The highest BCUT2D eigenvalue weighted by atomic mass is 16.3. The molecule has 0 amide bonds. The van der Waals surface area contributed by atoms with Gasteiger partial charge < -0.3 is 10.0 Å². The van der Waals surface area contributed by atoms with Gasteiger partial charge in [-0.1, -0.05) is 52.0 Å². The monoisotopic (exact) mass is 304 g/mol. The maximum Gasteiger partial charge on any atom is 0.0628 e. The summed E-state index contributed by atoms with van der Waals surface area (Å²) in [7, 11) is 0. The second kappa shape index (κ2) is 7.12. The van der Waals surface area contributed by atoms with Crippen molar-refractivity contribution in [2.24, 2.45) is 0 Å². The predicted octanol–water partition coefficient (Wildman–Crippen LogP) is 3.04. The number of nitrogens with zero attached hydrogens (tertiary/aromatic N) is 2. The maximum absolute atomic E-state index is 9.95. The van der Waals surface area contributed by atoms with Crippen molar-refractivity contribution < 1.29 is 5.11 Å². The molecule has 1 heterocycles. The van der Waals surface area contributed by atoms with Gasteiger partial charge in [0.25, 0.3) is 0 Å². The van der Waals surface area contributed by atoms with Crippen LogP contribution in [0.4, 0.5) is 0 Å². The molecule has 1 fully saturated rings. The van der Waals surface area contributed by atoms with Crippen molar-refractivity contribution >= 4 is 0 Å². The highest BCUT2D eigenvalue weighted by Gasteiger charge is 2.29. The lowest BCUT2D eigenvalue weighted by atomic mass is 9.86. The first-order valence-electron chi connectivity index (χ1n) is 8.56. The summed E-state index contributed by atoms with van der Waals surface area (Å²) in [6.07, 6.45) is 0. The number of rotatable bonds is 4. The average molecular weight is 304 g/mol. The van der Waals surface area contributed by atoms with Crippen LogP contribution in [-0.4, -0.2) is 53.7 Å². The number of hydrogen-bond acceptors (Lipinski definition) is 3. The lowest BCUT2D eigenvalue weighted by Crippen LogP contribution is -2.53. The first-order valence-corrected chi connectivity index (χ1v) is 8.56. The fraction of sp³-hybridized carbons (Fsp3) is 0.684. The molecule has 0 aliphatic carbocycles. The minimum atomic E-state index is 0.114. The molecule has 22 heavy (non-hydrogen) atoms. The Hall–Kier alpha value is -0.900. The van der Waals surface area contributed by atoms with Gasteiger partial charge in [-0.25, -0.2) is 0 Å². The van der Waals surface area contributed by atoms with Gasteiger partial charge in [0.15, 0.2) is 0 Å². The van der Waals surface area contributed by atoms with E-state index >= 15 is 0 Å². The minimum Gasteiger partial charge on any atom is -0.394 e. The molecular weight excluding hydrogens is 272 g/mol. The first-order chi connectivity index (χ1) is 10.4. The maximum atomic E-state index is 9.95. The van der Waals surface area contributed by atoms with E-state index in [0.717, 1.165) is 26.2 Å². The fourth-order valence-corrected chi connectivity index (χ4v) is 3.40. The third-order valence-electron chi connectivity index (χ3n) is 4.94. The van der Waals surface area contributed by atoms with Crippen molar-refractivity contribution in [3.8, 4) is 0 Å². The molecule has 1 N–H and O–H groups in total. The molecule has 2 unspecified atom stereocenters. The summed E-state index contributed by atoms with van der Waals surface area (Å²) in [4.78, 5) is 4.94. The van der Waals surface area contributed by atoms with Crippen LogP contribution in [0.3, 0.4) is 0 Å². The van der Waals surface area contributed by atoms with E-state index in [2.05, 4.69) is 68.7 Å². The van der Waals surface area contributed by atoms with Crippen molar-refractivity contribution in [2.75, 3.05) is 32.8 Å². The molecule has 0 saturated carbocycles. The molecule has 1 aliphatic heterocycles. The predicted molar refractivity (Wildman–Crippen MR) is 93.3 cm³/mol. The van der Waals surface area contributed by atoms with Crippen molar-refractivity contribution in [3.05, 3.63) is 35.4 Å². The second-order valence-corrected chi connectivity index (χ2v) is 7.55. The van der Waals surface area contributed by atoms with Crippen LogP contribution in [0.1, 0.15) is 51.8 Å². The topological polar surface area (TPSA) is 26.7 Å². The van der Waals surface area contributed by atoms with Gasteiger partial charge >= 0.3 is 0 Å². The SMILES string of the molecule is CCN1CCN(C(CO)c2ccc(C(C)(C)C)cc2)C(C)C1. The van der Waals surface area contributed by atoms with Crippen LogP contribution >= 0.6 is 0 Å². The van der Waals surface area contributed by atoms with Crippen LogP contribution in [0.5, 0.6) is 0 Å². The van der Waals surface area contributed by atoms with E-state index in [1.54, 1.807) is 0 Å². The molecule has 0 aromatic heterocycles. The van der Waals surface area contributed by atoms with Crippen LogP contribution in [0, 0.1) is 0 Å². The summed E-state index contributed by atoms with van der Waals surface area (Å²) in [5.41, 5.74) is 2.75. The Kier molecular flexibility index (Phi) is 5.65. The zero-order valence-corrected chi connectivity index (χ0v) is 14.8. The Bertz CT molecular complexity index is 463. The summed E-state index contributed by atoms with van der Waals surface area (Å²) in [5, 5.41) is 9.95. The lowest BCUT2D eigenvalue weighted by molar-refractivity contribution is 0.0271. The van der Waals surface area contributed by atoms with Gasteiger partial charge in [0.05, 0.1) is 12.6 Å². The van der Waals surface area contributed by atoms with Crippen LogP contribution < -0.4 is 0 Å². The van der Waals surface area contributed by atoms with Crippen LogP contribution in [0.15, 0.2) is 24.3 Å². The minimum absolute atomic E-state index is 0.114. The lowest BCUT2D eigenvalue weighted by Gasteiger charge is -2.43. The molecule has 2 atom stereocenters. The third kappa shape index (κ3) is 3.89. The molecule has 3 nitrogen and oxygen atoms in total. The normalized spacial score (nSPS) is 22.7. The Labute approximate surface area is 135 Å². The molecule has 3 heteroatoms. The van der Waals surface area contributed by atoms with Gasteiger partial charge in [-0.05, 0) is 30.0 Å². The number of hydrogen-bond donors (Lipinski definition) is 1. The van der Waals surface area contributed by atoms with Crippen LogP contribution in [0.2, 0.25) is 0 Å². The van der Waals surface area contributed by atoms with Crippen molar-refractivity contribution in [3.63, 3.8) is 0 Å². The van der Waals surface area contributed by atoms with Crippen LogP contribution in [-0.2, 0) is 5.41 Å². The summed E-state index contributed by atoms with van der Waals surface area (Å²) in [6.45, 7) is 15.7. The molecule has 1 aromatic carbocycles. The number of piperazine rings is 1. The smallest absolute Gasteiger partial charge is 0.0628 e. The molecule has 1 aromatic rings. The molecular formula is C19H32N2O. The molecule has 0 radical (unpaired) electrons. The molecule has 1 saturated heterocycles. The van der Waals surface area contributed by atoms with E-state index in [1.807, 2.05) is 0 Å². The summed E-state index contributed by atoms with van der Waals surface area (Å²) >= 11 is 0. The zero-order valence-electron chi connectivity index (χ0n) is 14.8. The second-order valence-electron chi connectivity index (χ2n) is 7.55. The van der Waals surface area contributed by atoms with Crippen molar-refractivity contribution in [1.29, 1.82) is 0 Å². The van der Waals surface area contributed by atoms with E-state index in [9.17, 15) is 5.11 Å². The van der Waals surface area contributed by atoms with Crippen molar-refractivity contribution in [1.82, 2.24) is 9.80 Å². The molecule has 0 bridgehead atoms. The Morgan fingerprint density at radius 3 is 2.27 bits per heavy atom. The van der Waals surface area contributed by atoms with Gasteiger partial charge in [0.2, 0.25) is 0 Å². The zero-order chi connectivity index (χ0) is 16.3. The van der Waals surface area contributed by atoms with Gasteiger partial charge in [0, 0.05) is 25.7 Å². The molecule has 2 rings (SSSR count). The first kappa shape index (κ1) is 17.5. The van der Waals surface area contributed by atoms with Gasteiger partial charge in [-0.3, -0.25) is 4.90 Å². The molecule has 0 spiro atoms. The number of likely N-dealkylation sites (N-methyl/N-ethyl adjacent to an activating group) is 1. The highest BCUT2D eigenvalue weighted by Crippen LogP contribution is 2.28. The fourth-order valence-electron chi connectivity index (χ4n) is 3.40. The van der Waals surface area contributed by atoms with E-state index in [4.69, 9.17) is 0 Å². The quantitative estimate of drug-likeness (QED) is 0.926.